The van der Waals surface area contributed by atoms with Crippen LogP contribution in [0.15, 0.2) is 24.3 Å². The van der Waals surface area contributed by atoms with Crippen LogP contribution in [0.1, 0.15) is 45.1 Å². The zero-order chi connectivity index (χ0) is 16.0. The standard InChI is InChI=1S/C18H26INO2/c1-3-20(4-2)13-14-22-17(21)18(11-5-6-12-18)15-7-9-16(19)10-8-15/h7-10H,3-6,11-14H2,1-2H3/i19-2. The van der Waals surface area contributed by atoms with Crippen molar-refractivity contribution < 1.29 is 9.53 Å². The predicted molar refractivity (Wildman–Crippen MR) is 98.1 cm³/mol. The van der Waals surface area contributed by atoms with E-state index in [1.54, 1.807) is 0 Å². The molecule has 0 heterocycles. The molecule has 4 heteroatoms. The average Bonchev–Trinajstić information content (AvgIpc) is 3.03. The van der Waals surface area contributed by atoms with Gasteiger partial charge in [0.05, 0.1) is 5.41 Å². The number of benzene rings is 1. The lowest BCUT2D eigenvalue weighted by atomic mass is 9.79. The minimum Gasteiger partial charge on any atom is -0.464 e. The molecule has 0 spiro atoms. The molecule has 2 rings (SSSR count). The first kappa shape index (κ1) is 17.7. The van der Waals surface area contributed by atoms with Crippen LogP contribution >= 0.6 is 22.6 Å². The fraction of sp³-hybridized carbons (Fsp3) is 0.611. The number of esters is 1. The van der Waals surface area contributed by atoms with Gasteiger partial charge in [-0.25, -0.2) is 0 Å². The first-order chi connectivity index (χ1) is 10.6. The van der Waals surface area contributed by atoms with Crippen molar-refractivity contribution in [2.45, 2.75) is 44.9 Å². The third kappa shape index (κ3) is 4.02. The number of hydrogen-bond acceptors (Lipinski definition) is 3. The number of hydrogen-bond donors (Lipinski definition) is 0. The molecule has 1 aromatic carbocycles. The molecule has 1 fully saturated rings. The summed E-state index contributed by atoms with van der Waals surface area (Å²) in [7, 11) is 0. The van der Waals surface area contributed by atoms with Gasteiger partial charge in [0.25, 0.3) is 0 Å². The summed E-state index contributed by atoms with van der Waals surface area (Å²) in [5, 5.41) is 0. The van der Waals surface area contributed by atoms with Gasteiger partial charge in [-0.15, -0.1) is 0 Å². The zero-order valence-electron chi connectivity index (χ0n) is 13.6. The number of carbonyl (C=O) groups is 1. The fourth-order valence-electron chi connectivity index (χ4n) is 3.30. The van der Waals surface area contributed by atoms with Crippen molar-refractivity contribution in [2.75, 3.05) is 26.2 Å². The Balaban J connectivity index is 2.04. The minimum absolute atomic E-state index is 0.0293. The van der Waals surface area contributed by atoms with Gasteiger partial charge in [-0.3, -0.25) is 4.79 Å². The van der Waals surface area contributed by atoms with Crippen LogP contribution in [0.4, 0.5) is 0 Å². The Kier molecular flexibility index (Phi) is 6.68. The van der Waals surface area contributed by atoms with Crippen LogP contribution in [0, 0.1) is 3.57 Å². The molecule has 0 aliphatic heterocycles. The van der Waals surface area contributed by atoms with Gasteiger partial charge in [0.15, 0.2) is 0 Å². The van der Waals surface area contributed by atoms with Gasteiger partial charge < -0.3 is 9.64 Å². The molecule has 122 valence electrons. The Morgan fingerprint density at radius 2 is 1.77 bits per heavy atom. The molecule has 1 aliphatic rings. The van der Waals surface area contributed by atoms with E-state index in [0.717, 1.165) is 50.9 Å². The number of halogens is 1. The Morgan fingerprint density at radius 1 is 1.18 bits per heavy atom. The van der Waals surface area contributed by atoms with Crippen LogP contribution in [0.25, 0.3) is 0 Å². The highest BCUT2D eigenvalue weighted by atomic mass is 125. The van der Waals surface area contributed by atoms with Gasteiger partial charge in [-0.2, -0.15) is 0 Å². The van der Waals surface area contributed by atoms with Crippen LogP contribution in [0.3, 0.4) is 0 Å². The van der Waals surface area contributed by atoms with E-state index in [9.17, 15) is 4.79 Å². The highest BCUT2D eigenvalue weighted by molar-refractivity contribution is 14.1. The van der Waals surface area contributed by atoms with E-state index >= 15 is 0 Å². The number of likely N-dealkylation sites (N-methyl/N-ethyl adjacent to an activating group) is 1. The maximum Gasteiger partial charge on any atom is 0.316 e. The Morgan fingerprint density at radius 3 is 2.32 bits per heavy atom. The van der Waals surface area contributed by atoms with Crippen LogP contribution < -0.4 is 0 Å². The Bertz CT molecular complexity index is 476. The molecule has 22 heavy (non-hydrogen) atoms. The third-order valence-corrected chi connectivity index (χ3v) is 5.50. The van der Waals surface area contributed by atoms with E-state index in [0.29, 0.717) is 6.61 Å². The molecule has 0 amide bonds. The highest BCUT2D eigenvalue weighted by Crippen LogP contribution is 2.42. The summed E-state index contributed by atoms with van der Waals surface area (Å²) in [4.78, 5) is 15.0. The normalized spacial score (nSPS) is 16.9. The van der Waals surface area contributed by atoms with E-state index in [1.807, 2.05) is 0 Å². The largest absolute Gasteiger partial charge is 0.464 e. The van der Waals surface area contributed by atoms with Crippen molar-refractivity contribution in [1.82, 2.24) is 4.90 Å². The number of rotatable bonds is 7. The molecule has 0 N–H and O–H groups in total. The monoisotopic (exact) mass is 413 g/mol. The van der Waals surface area contributed by atoms with E-state index in [2.05, 4.69) is 65.6 Å². The summed E-state index contributed by atoms with van der Waals surface area (Å²) in [6.07, 6.45) is 4.05. The van der Waals surface area contributed by atoms with E-state index in [-0.39, 0.29) is 5.97 Å². The fourth-order valence-corrected chi connectivity index (χ4v) is 3.66. The molecule has 3 nitrogen and oxygen atoms in total. The second-order valence-electron chi connectivity index (χ2n) is 5.96. The van der Waals surface area contributed by atoms with Gasteiger partial charge in [0, 0.05) is 10.1 Å². The van der Waals surface area contributed by atoms with Crippen molar-refractivity contribution >= 4 is 28.6 Å². The second-order valence-corrected chi connectivity index (χ2v) is 7.20. The summed E-state index contributed by atoms with van der Waals surface area (Å²) >= 11 is 2.30. The molecule has 1 aromatic rings. The van der Waals surface area contributed by atoms with Crippen molar-refractivity contribution in [1.29, 1.82) is 0 Å². The predicted octanol–water partition coefficient (Wildman–Crippen LogP) is 3.99. The molecule has 1 saturated carbocycles. The van der Waals surface area contributed by atoms with E-state index in [1.165, 1.54) is 3.57 Å². The molecule has 0 bridgehead atoms. The maximum absolute atomic E-state index is 12.8. The lowest BCUT2D eigenvalue weighted by Gasteiger charge is -2.28. The molecule has 0 radical (unpaired) electrons. The van der Waals surface area contributed by atoms with Crippen molar-refractivity contribution in [3.63, 3.8) is 0 Å². The molecule has 0 saturated heterocycles. The van der Waals surface area contributed by atoms with Crippen LogP contribution in [0.2, 0.25) is 0 Å². The number of carbonyl (C=O) groups excluding carboxylic acids is 1. The molecule has 0 aromatic heterocycles. The van der Waals surface area contributed by atoms with Crippen LogP contribution in [-0.4, -0.2) is 37.1 Å². The average molecular weight is 413 g/mol. The smallest absolute Gasteiger partial charge is 0.316 e. The first-order valence-corrected chi connectivity index (χ1v) is 9.36. The van der Waals surface area contributed by atoms with Gasteiger partial charge in [-0.1, -0.05) is 38.8 Å². The Labute approximate surface area is 147 Å². The van der Waals surface area contributed by atoms with Gasteiger partial charge in [0.2, 0.25) is 0 Å². The minimum atomic E-state index is -0.409. The lowest BCUT2D eigenvalue weighted by molar-refractivity contribution is -0.151. The molecular weight excluding hydrogens is 387 g/mol. The lowest BCUT2D eigenvalue weighted by Crippen LogP contribution is -2.37. The topological polar surface area (TPSA) is 29.5 Å². The summed E-state index contributed by atoms with van der Waals surface area (Å²) in [6.45, 7) is 7.57. The molecule has 0 unspecified atom stereocenters. The molecular formula is C18H26INO2. The van der Waals surface area contributed by atoms with Gasteiger partial charge in [0.1, 0.15) is 6.61 Å². The van der Waals surface area contributed by atoms with E-state index in [4.69, 9.17) is 4.74 Å². The maximum atomic E-state index is 12.8. The summed E-state index contributed by atoms with van der Waals surface area (Å²) < 4.78 is 6.86. The summed E-state index contributed by atoms with van der Waals surface area (Å²) in [5.41, 5.74) is 0.714. The molecule has 1 aliphatic carbocycles. The zero-order valence-corrected chi connectivity index (χ0v) is 15.8. The third-order valence-electron chi connectivity index (χ3n) is 4.78. The first-order valence-electron chi connectivity index (χ1n) is 8.28. The molecule has 0 atom stereocenters. The van der Waals surface area contributed by atoms with Crippen molar-refractivity contribution in [3.05, 3.63) is 33.4 Å². The highest BCUT2D eigenvalue weighted by Gasteiger charge is 2.44. The number of ether oxygens (including phenoxy) is 1. The van der Waals surface area contributed by atoms with Gasteiger partial charge in [-0.05, 0) is 66.2 Å². The second kappa shape index (κ2) is 8.29. The summed E-state index contributed by atoms with van der Waals surface area (Å²) in [5.74, 6) is -0.0293. The summed E-state index contributed by atoms with van der Waals surface area (Å²) in [6, 6.07) is 8.36. The van der Waals surface area contributed by atoms with Gasteiger partial charge >= 0.3 is 5.97 Å². The number of nitrogens with zero attached hydrogens (tertiary/aromatic N) is 1. The quantitative estimate of drug-likeness (QED) is 0.500. The van der Waals surface area contributed by atoms with Crippen molar-refractivity contribution in [3.8, 4) is 0 Å². The van der Waals surface area contributed by atoms with Crippen LogP contribution in [0.5, 0.6) is 0 Å². The van der Waals surface area contributed by atoms with Crippen molar-refractivity contribution in [2.24, 2.45) is 0 Å². The Hall–Kier alpha value is -0.620. The van der Waals surface area contributed by atoms with Crippen LogP contribution in [-0.2, 0) is 14.9 Å². The van der Waals surface area contributed by atoms with E-state index < -0.39 is 5.41 Å². The SMILES string of the molecule is CCN(CC)CCOC(=O)C1(c2ccc([125I])cc2)CCCC1.